The van der Waals surface area contributed by atoms with E-state index in [0.29, 0.717) is 5.56 Å². The molecule has 1 aromatic rings. The fourth-order valence-corrected chi connectivity index (χ4v) is 2.47. The van der Waals surface area contributed by atoms with Gasteiger partial charge in [-0.3, -0.25) is 4.79 Å². The first-order valence-corrected chi connectivity index (χ1v) is 7.70. The molecule has 1 aromatic carbocycles. The minimum absolute atomic E-state index is 0.0168. The van der Waals surface area contributed by atoms with E-state index < -0.39 is 0 Å². The van der Waals surface area contributed by atoms with Crippen molar-refractivity contribution in [1.29, 1.82) is 0 Å². The van der Waals surface area contributed by atoms with Crippen LogP contribution in [-0.4, -0.2) is 26.2 Å². The lowest BCUT2D eigenvalue weighted by molar-refractivity contribution is -0.146. The monoisotopic (exact) mass is 306 g/mol. The van der Waals surface area contributed by atoms with Gasteiger partial charge in [-0.2, -0.15) is 0 Å². The second kappa shape index (κ2) is 9.23. The summed E-state index contributed by atoms with van der Waals surface area (Å²) in [6, 6.07) is 7.26. The van der Waals surface area contributed by atoms with Gasteiger partial charge >= 0.3 is 11.9 Å². The van der Waals surface area contributed by atoms with Gasteiger partial charge in [-0.05, 0) is 50.7 Å². The van der Waals surface area contributed by atoms with Crippen molar-refractivity contribution in [3.8, 4) is 0 Å². The summed E-state index contributed by atoms with van der Waals surface area (Å²) in [5, 5.41) is 0. The van der Waals surface area contributed by atoms with Gasteiger partial charge in [0.15, 0.2) is 0 Å². The second-order valence-corrected chi connectivity index (χ2v) is 5.84. The third-order valence-corrected chi connectivity index (χ3v) is 4.02. The van der Waals surface area contributed by atoms with Gasteiger partial charge in [0.25, 0.3) is 0 Å². The first-order valence-electron chi connectivity index (χ1n) is 7.70. The van der Waals surface area contributed by atoms with Crippen LogP contribution in [0, 0.1) is 18.8 Å². The topological polar surface area (TPSA) is 52.6 Å². The van der Waals surface area contributed by atoms with Crippen LogP contribution in [0.5, 0.6) is 0 Å². The molecule has 0 heterocycles. The van der Waals surface area contributed by atoms with Gasteiger partial charge in [0.05, 0.1) is 25.7 Å². The molecule has 2 rings (SSSR count). The summed E-state index contributed by atoms with van der Waals surface area (Å²) in [6.45, 7) is 4.22. The van der Waals surface area contributed by atoms with Crippen LogP contribution in [0.2, 0.25) is 0 Å². The molecule has 0 bridgehead atoms. The van der Waals surface area contributed by atoms with Crippen molar-refractivity contribution in [2.24, 2.45) is 11.8 Å². The zero-order valence-corrected chi connectivity index (χ0v) is 13.9. The minimum atomic E-state index is -0.287. The molecule has 1 aliphatic rings. The Morgan fingerprint density at radius 2 is 1.50 bits per heavy atom. The van der Waals surface area contributed by atoms with Crippen molar-refractivity contribution in [2.45, 2.75) is 39.5 Å². The summed E-state index contributed by atoms with van der Waals surface area (Å²) in [5.41, 5.74) is 1.73. The molecule has 0 aromatic heterocycles. The molecule has 4 nitrogen and oxygen atoms in total. The zero-order valence-electron chi connectivity index (χ0n) is 13.9. The summed E-state index contributed by atoms with van der Waals surface area (Å²) < 4.78 is 9.22. The molecular formula is C18H26O4. The molecule has 1 saturated carbocycles. The molecule has 1 fully saturated rings. The van der Waals surface area contributed by atoms with E-state index in [-0.39, 0.29) is 17.9 Å². The van der Waals surface area contributed by atoms with Crippen molar-refractivity contribution < 1.29 is 19.1 Å². The molecule has 22 heavy (non-hydrogen) atoms. The number of methoxy groups -OCH3 is 2. The molecule has 0 saturated heterocycles. The van der Waals surface area contributed by atoms with E-state index in [2.05, 4.69) is 16.4 Å². The Hall–Kier alpha value is -1.84. The van der Waals surface area contributed by atoms with Crippen molar-refractivity contribution in [2.75, 3.05) is 14.2 Å². The van der Waals surface area contributed by atoms with Crippen molar-refractivity contribution in [3.05, 3.63) is 35.4 Å². The maximum Gasteiger partial charge on any atom is 0.337 e. The predicted octanol–water partition coefficient (Wildman–Crippen LogP) is 3.77. The fourth-order valence-electron chi connectivity index (χ4n) is 2.47. The van der Waals surface area contributed by atoms with Crippen molar-refractivity contribution >= 4 is 11.9 Å². The van der Waals surface area contributed by atoms with Crippen LogP contribution in [-0.2, 0) is 14.3 Å². The number of carbonyl (C=O) groups excluding carboxylic acids is 2. The van der Waals surface area contributed by atoms with Gasteiger partial charge in [0, 0.05) is 0 Å². The van der Waals surface area contributed by atoms with Gasteiger partial charge in [-0.1, -0.05) is 24.6 Å². The summed E-state index contributed by atoms with van der Waals surface area (Å²) in [6.07, 6.45) is 4.40. The van der Waals surface area contributed by atoms with Crippen molar-refractivity contribution in [3.63, 3.8) is 0 Å². The maximum atomic E-state index is 11.1. The molecule has 0 amide bonds. The molecule has 122 valence electrons. The number of hydrogen-bond acceptors (Lipinski definition) is 4. The van der Waals surface area contributed by atoms with Gasteiger partial charge in [-0.25, -0.2) is 4.79 Å². The molecule has 0 aliphatic heterocycles. The standard InChI is InChI=1S/C9H16O2.C9H10O2/c2*1-7-3-5-8(6-4-7)9(10)11-2/h7-8H,3-6H2,1-2H3;3-6H,1-2H3. The lowest BCUT2D eigenvalue weighted by atomic mass is 9.83. The van der Waals surface area contributed by atoms with Gasteiger partial charge < -0.3 is 9.47 Å². The molecule has 0 N–H and O–H groups in total. The average molecular weight is 306 g/mol. The Morgan fingerprint density at radius 3 is 1.95 bits per heavy atom. The number of benzene rings is 1. The lowest BCUT2D eigenvalue weighted by Gasteiger charge is -2.23. The number of carbonyl (C=O) groups is 2. The summed E-state index contributed by atoms with van der Waals surface area (Å²) in [7, 11) is 2.85. The molecule has 0 radical (unpaired) electrons. The van der Waals surface area contributed by atoms with E-state index >= 15 is 0 Å². The lowest BCUT2D eigenvalue weighted by Crippen LogP contribution is -2.21. The van der Waals surface area contributed by atoms with Crippen LogP contribution >= 0.6 is 0 Å². The Morgan fingerprint density at radius 1 is 0.955 bits per heavy atom. The third kappa shape index (κ3) is 5.88. The van der Waals surface area contributed by atoms with Crippen LogP contribution in [0.15, 0.2) is 24.3 Å². The SMILES string of the molecule is COC(=O)C1CCC(C)CC1.COC(=O)c1ccc(C)cc1. The minimum Gasteiger partial charge on any atom is -0.469 e. The smallest absolute Gasteiger partial charge is 0.337 e. The Labute approximate surface area is 132 Å². The zero-order chi connectivity index (χ0) is 16.5. The van der Waals surface area contributed by atoms with E-state index in [1.807, 2.05) is 19.1 Å². The maximum absolute atomic E-state index is 11.1. The van der Waals surface area contributed by atoms with E-state index in [1.54, 1.807) is 12.1 Å². The highest BCUT2D eigenvalue weighted by molar-refractivity contribution is 5.89. The van der Waals surface area contributed by atoms with E-state index in [1.165, 1.54) is 27.1 Å². The van der Waals surface area contributed by atoms with E-state index in [9.17, 15) is 9.59 Å². The molecule has 0 spiro atoms. The normalized spacial score (nSPS) is 20.4. The molecule has 4 heteroatoms. The first-order chi connectivity index (χ1) is 10.5. The average Bonchev–Trinajstić information content (AvgIpc) is 2.55. The van der Waals surface area contributed by atoms with E-state index in [4.69, 9.17) is 0 Å². The highest BCUT2D eigenvalue weighted by atomic mass is 16.5. The predicted molar refractivity (Wildman–Crippen MR) is 85.7 cm³/mol. The van der Waals surface area contributed by atoms with Crippen molar-refractivity contribution in [1.82, 2.24) is 0 Å². The quantitative estimate of drug-likeness (QED) is 0.781. The van der Waals surface area contributed by atoms with Crippen LogP contribution in [0.25, 0.3) is 0 Å². The fraction of sp³-hybridized carbons (Fsp3) is 0.556. The number of esters is 2. The summed E-state index contributed by atoms with van der Waals surface area (Å²) in [5.74, 6) is 0.689. The summed E-state index contributed by atoms with van der Waals surface area (Å²) in [4.78, 5) is 22.0. The highest BCUT2D eigenvalue weighted by Crippen LogP contribution is 2.28. The molecule has 0 unspecified atom stereocenters. The largest absolute Gasteiger partial charge is 0.469 e. The molecule has 0 atom stereocenters. The van der Waals surface area contributed by atoms with Crippen LogP contribution in [0.1, 0.15) is 48.5 Å². The number of aryl methyl sites for hydroxylation is 1. The Balaban J connectivity index is 0.000000220. The Bertz CT molecular complexity index is 470. The third-order valence-electron chi connectivity index (χ3n) is 4.02. The molecule has 1 aliphatic carbocycles. The van der Waals surface area contributed by atoms with Crippen LogP contribution < -0.4 is 0 Å². The molecular weight excluding hydrogens is 280 g/mol. The van der Waals surface area contributed by atoms with Gasteiger partial charge in [-0.15, -0.1) is 0 Å². The second-order valence-electron chi connectivity index (χ2n) is 5.84. The number of ether oxygens (including phenoxy) is 2. The van der Waals surface area contributed by atoms with E-state index in [0.717, 1.165) is 24.3 Å². The van der Waals surface area contributed by atoms with Gasteiger partial charge in [0.2, 0.25) is 0 Å². The highest BCUT2D eigenvalue weighted by Gasteiger charge is 2.24. The van der Waals surface area contributed by atoms with Crippen LogP contribution in [0.3, 0.4) is 0 Å². The Kier molecular flexibility index (Phi) is 7.64. The number of hydrogen-bond donors (Lipinski definition) is 0. The first kappa shape index (κ1) is 18.2. The van der Waals surface area contributed by atoms with Gasteiger partial charge in [0.1, 0.15) is 0 Å². The number of rotatable bonds is 2. The van der Waals surface area contributed by atoms with Crippen LogP contribution in [0.4, 0.5) is 0 Å². The summed E-state index contributed by atoms with van der Waals surface area (Å²) >= 11 is 0.